The van der Waals surface area contributed by atoms with E-state index in [0.717, 1.165) is 48.9 Å². The molecule has 0 saturated carbocycles. The van der Waals surface area contributed by atoms with Crippen LogP contribution in [0.25, 0.3) is 0 Å². The van der Waals surface area contributed by atoms with Gasteiger partial charge in [0.2, 0.25) is 5.95 Å². The Labute approximate surface area is 211 Å². The van der Waals surface area contributed by atoms with Crippen molar-refractivity contribution in [2.24, 2.45) is 0 Å². The topological polar surface area (TPSA) is 77.0 Å². The van der Waals surface area contributed by atoms with E-state index in [1.54, 1.807) is 21.3 Å². The summed E-state index contributed by atoms with van der Waals surface area (Å²) in [6.07, 6.45) is 1.13. The van der Waals surface area contributed by atoms with Crippen molar-refractivity contribution in [1.29, 1.82) is 0 Å². The maximum Gasteiger partial charge on any atom is 0.225 e. The van der Waals surface area contributed by atoms with Crippen LogP contribution in [0.4, 0.5) is 11.6 Å². The minimum Gasteiger partial charge on any atom is -0.497 e. The van der Waals surface area contributed by atoms with Crippen LogP contribution in [0.15, 0.2) is 42.5 Å². The third kappa shape index (κ3) is 4.55. The number of nitrogens with zero attached hydrogens (tertiary/aromatic N) is 4. The SMILES string of the molecule is COc1ccc(N2CCN(c3nc(C)c4c(n3)C[C@H](c3ccc(OC)c(OC)c3)CC4=O)CC2)cc1. The number of fused-ring (bicyclic) bond motifs is 1. The highest BCUT2D eigenvalue weighted by atomic mass is 16.5. The molecule has 5 rings (SSSR count). The van der Waals surface area contributed by atoms with Crippen LogP contribution in [-0.2, 0) is 6.42 Å². The third-order valence-electron chi connectivity index (χ3n) is 7.18. The van der Waals surface area contributed by atoms with Crippen LogP contribution in [-0.4, -0.2) is 63.3 Å². The standard InChI is InChI=1S/C28H32N4O4/c1-18-27-23(15-20(16-24(27)33)19-5-10-25(35-3)26(17-19)36-4)30-28(29-18)32-13-11-31(12-14-32)21-6-8-22(34-2)9-7-21/h5-10,17,20H,11-16H2,1-4H3/t20-/m0/s1. The summed E-state index contributed by atoms with van der Waals surface area (Å²) < 4.78 is 16.1. The Balaban J connectivity index is 1.34. The maximum absolute atomic E-state index is 13.1. The predicted octanol–water partition coefficient (Wildman–Crippen LogP) is 4.05. The molecule has 3 aromatic rings. The number of benzene rings is 2. The highest BCUT2D eigenvalue weighted by Crippen LogP contribution is 2.37. The smallest absolute Gasteiger partial charge is 0.225 e. The third-order valence-corrected chi connectivity index (χ3v) is 7.18. The summed E-state index contributed by atoms with van der Waals surface area (Å²) in [5, 5.41) is 0. The van der Waals surface area contributed by atoms with Gasteiger partial charge in [0.15, 0.2) is 17.3 Å². The zero-order valence-corrected chi connectivity index (χ0v) is 21.3. The molecule has 0 spiro atoms. The molecule has 1 atom stereocenters. The Morgan fingerprint density at radius 2 is 1.50 bits per heavy atom. The largest absolute Gasteiger partial charge is 0.497 e. The molecule has 8 heteroatoms. The molecule has 8 nitrogen and oxygen atoms in total. The highest BCUT2D eigenvalue weighted by molar-refractivity contribution is 5.99. The van der Waals surface area contributed by atoms with Crippen molar-refractivity contribution < 1.29 is 19.0 Å². The number of hydrogen-bond donors (Lipinski definition) is 0. The molecule has 0 unspecified atom stereocenters. The van der Waals surface area contributed by atoms with Gasteiger partial charge in [-0.1, -0.05) is 6.07 Å². The Morgan fingerprint density at radius 1 is 0.806 bits per heavy atom. The van der Waals surface area contributed by atoms with Crippen molar-refractivity contribution in [1.82, 2.24) is 9.97 Å². The van der Waals surface area contributed by atoms with Crippen molar-refractivity contribution in [3.05, 3.63) is 65.0 Å². The number of Topliss-reactive ketones (excluding diaryl/α,β-unsaturated/α-hetero) is 1. The molecule has 2 aliphatic rings. The molecular formula is C28H32N4O4. The van der Waals surface area contributed by atoms with Gasteiger partial charge in [0.1, 0.15) is 5.75 Å². The molecule has 0 amide bonds. The minimum absolute atomic E-state index is 0.0406. The fourth-order valence-electron chi connectivity index (χ4n) is 5.20. The first-order chi connectivity index (χ1) is 17.5. The lowest BCUT2D eigenvalue weighted by Gasteiger charge is -2.36. The van der Waals surface area contributed by atoms with Crippen LogP contribution in [0.5, 0.6) is 17.2 Å². The van der Waals surface area contributed by atoms with E-state index in [-0.39, 0.29) is 11.7 Å². The molecule has 1 aliphatic carbocycles. The van der Waals surface area contributed by atoms with E-state index in [1.807, 2.05) is 37.3 Å². The Morgan fingerprint density at radius 3 is 2.17 bits per heavy atom. The van der Waals surface area contributed by atoms with E-state index in [4.69, 9.17) is 24.2 Å². The van der Waals surface area contributed by atoms with Crippen molar-refractivity contribution in [3.8, 4) is 17.2 Å². The summed E-state index contributed by atoms with van der Waals surface area (Å²) in [4.78, 5) is 27.4. The van der Waals surface area contributed by atoms with Crippen molar-refractivity contribution in [2.75, 3.05) is 57.3 Å². The Hall–Kier alpha value is -3.81. The number of aryl methyl sites for hydroxylation is 1. The number of ketones is 1. The van der Waals surface area contributed by atoms with E-state index in [0.29, 0.717) is 35.9 Å². The zero-order chi connectivity index (χ0) is 25.2. The number of ether oxygens (including phenoxy) is 3. The van der Waals surface area contributed by atoms with Crippen LogP contribution >= 0.6 is 0 Å². The van der Waals surface area contributed by atoms with Gasteiger partial charge in [0, 0.05) is 38.3 Å². The lowest BCUT2D eigenvalue weighted by molar-refractivity contribution is 0.0962. The fraction of sp³-hybridized carbons (Fsp3) is 0.393. The summed E-state index contributed by atoms with van der Waals surface area (Å²) in [7, 11) is 4.92. The lowest BCUT2D eigenvalue weighted by Crippen LogP contribution is -2.47. The zero-order valence-electron chi connectivity index (χ0n) is 21.3. The molecule has 1 saturated heterocycles. The van der Waals surface area contributed by atoms with Gasteiger partial charge in [-0.2, -0.15) is 0 Å². The molecule has 1 aromatic heterocycles. The van der Waals surface area contributed by atoms with Gasteiger partial charge >= 0.3 is 0 Å². The van der Waals surface area contributed by atoms with E-state index in [1.165, 1.54) is 5.69 Å². The quantitative estimate of drug-likeness (QED) is 0.514. The molecule has 0 N–H and O–H groups in total. The van der Waals surface area contributed by atoms with Gasteiger partial charge in [-0.25, -0.2) is 9.97 Å². The molecule has 1 aliphatic heterocycles. The number of piperazine rings is 1. The Kier molecular flexibility index (Phi) is 6.67. The molecule has 1 fully saturated rings. The summed E-state index contributed by atoms with van der Waals surface area (Å²) in [5.74, 6) is 3.06. The summed E-state index contributed by atoms with van der Waals surface area (Å²) in [6, 6.07) is 14.0. The number of carbonyl (C=O) groups is 1. The van der Waals surface area contributed by atoms with Gasteiger partial charge in [0.05, 0.1) is 38.3 Å². The highest BCUT2D eigenvalue weighted by Gasteiger charge is 2.31. The number of anilines is 2. The second kappa shape index (κ2) is 10.0. The van der Waals surface area contributed by atoms with Crippen molar-refractivity contribution >= 4 is 17.4 Å². The van der Waals surface area contributed by atoms with Crippen molar-refractivity contribution in [3.63, 3.8) is 0 Å². The molecule has 0 radical (unpaired) electrons. The second-order valence-corrected chi connectivity index (χ2v) is 9.25. The van der Waals surface area contributed by atoms with Gasteiger partial charge in [-0.3, -0.25) is 4.79 Å². The lowest BCUT2D eigenvalue weighted by atomic mass is 9.81. The maximum atomic E-state index is 13.1. The monoisotopic (exact) mass is 488 g/mol. The van der Waals surface area contributed by atoms with Crippen LogP contribution in [0.1, 0.15) is 39.6 Å². The van der Waals surface area contributed by atoms with E-state index >= 15 is 0 Å². The van der Waals surface area contributed by atoms with Crippen LogP contribution < -0.4 is 24.0 Å². The molecule has 36 heavy (non-hydrogen) atoms. The first-order valence-corrected chi connectivity index (χ1v) is 12.3. The number of methoxy groups -OCH3 is 3. The molecule has 188 valence electrons. The average Bonchev–Trinajstić information content (AvgIpc) is 2.92. The van der Waals surface area contributed by atoms with E-state index in [2.05, 4.69) is 21.9 Å². The second-order valence-electron chi connectivity index (χ2n) is 9.25. The normalized spacial score (nSPS) is 17.6. The van der Waals surface area contributed by atoms with Crippen LogP contribution in [0, 0.1) is 6.92 Å². The minimum atomic E-state index is 0.0406. The first-order valence-electron chi connectivity index (χ1n) is 12.3. The predicted molar refractivity (Wildman–Crippen MR) is 139 cm³/mol. The fourth-order valence-corrected chi connectivity index (χ4v) is 5.20. The molecule has 2 aromatic carbocycles. The summed E-state index contributed by atoms with van der Waals surface area (Å²) >= 11 is 0. The molecule has 0 bridgehead atoms. The number of carbonyl (C=O) groups excluding carboxylic acids is 1. The van der Waals surface area contributed by atoms with Gasteiger partial charge < -0.3 is 24.0 Å². The van der Waals surface area contributed by atoms with Crippen molar-refractivity contribution in [2.45, 2.75) is 25.7 Å². The number of aromatic nitrogens is 2. The Bertz CT molecular complexity index is 1250. The average molecular weight is 489 g/mol. The van der Waals surface area contributed by atoms with Gasteiger partial charge in [0.25, 0.3) is 0 Å². The number of rotatable bonds is 6. The summed E-state index contributed by atoms with van der Waals surface area (Å²) in [6.45, 7) is 5.30. The van der Waals surface area contributed by atoms with Crippen LogP contribution in [0.2, 0.25) is 0 Å². The molecule has 2 heterocycles. The van der Waals surface area contributed by atoms with Gasteiger partial charge in [-0.05, 0) is 61.2 Å². The van der Waals surface area contributed by atoms with E-state index < -0.39 is 0 Å². The molecular weight excluding hydrogens is 456 g/mol. The van der Waals surface area contributed by atoms with Gasteiger partial charge in [-0.15, -0.1) is 0 Å². The number of hydrogen-bond acceptors (Lipinski definition) is 8. The van der Waals surface area contributed by atoms with Crippen LogP contribution in [0.3, 0.4) is 0 Å². The summed E-state index contributed by atoms with van der Waals surface area (Å²) in [5.41, 5.74) is 4.53. The first kappa shape index (κ1) is 23.9. The van der Waals surface area contributed by atoms with E-state index in [9.17, 15) is 4.79 Å².